The molecule has 1 unspecified atom stereocenters. The molecule has 0 saturated carbocycles. The first-order valence-electron chi connectivity index (χ1n) is 5.17. The molecule has 0 aliphatic carbocycles. The van der Waals surface area contributed by atoms with Gasteiger partial charge in [-0.1, -0.05) is 18.1 Å². The van der Waals surface area contributed by atoms with Crippen LogP contribution < -0.4 is 10.1 Å². The molecule has 1 N–H and O–H groups in total. The minimum atomic E-state index is 0.251. The molecule has 80 valence electrons. The number of rotatable bonds is 5. The lowest BCUT2D eigenvalue weighted by molar-refractivity contribution is 0.339. The van der Waals surface area contributed by atoms with Crippen molar-refractivity contribution in [2.24, 2.45) is 0 Å². The van der Waals surface area contributed by atoms with E-state index in [1.807, 2.05) is 25.1 Å². The molecule has 0 amide bonds. The SMILES string of the molecule is C#CCNC(C)c1cccc(OCC)c1. The summed E-state index contributed by atoms with van der Waals surface area (Å²) in [4.78, 5) is 0. The molecule has 2 heteroatoms. The Morgan fingerprint density at radius 1 is 1.53 bits per heavy atom. The molecule has 0 radical (unpaired) electrons. The molecule has 0 heterocycles. The van der Waals surface area contributed by atoms with E-state index in [1.54, 1.807) is 0 Å². The van der Waals surface area contributed by atoms with Crippen LogP contribution >= 0.6 is 0 Å². The Kier molecular flexibility index (Phi) is 4.73. The van der Waals surface area contributed by atoms with Gasteiger partial charge < -0.3 is 4.74 Å². The first kappa shape index (κ1) is 11.6. The number of terminal acetylenes is 1. The summed E-state index contributed by atoms with van der Waals surface area (Å²) in [5.41, 5.74) is 1.19. The Hall–Kier alpha value is -1.46. The largest absolute Gasteiger partial charge is 0.494 e. The van der Waals surface area contributed by atoms with Gasteiger partial charge in [-0.3, -0.25) is 5.32 Å². The van der Waals surface area contributed by atoms with Crippen LogP contribution in [0.15, 0.2) is 24.3 Å². The number of ether oxygens (including phenoxy) is 1. The lowest BCUT2D eigenvalue weighted by Crippen LogP contribution is -2.18. The van der Waals surface area contributed by atoms with Crippen molar-refractivity contribution < 1.29 is 4.74 Å². The van der Waals surface area contributed by atoms with E-state index in [4.69, 9.17) is 11.2 Å². The first-order valence-corrected chi connectivity index (χ1v) is 5.17. The molecule has 15 heavy (non-hydrogen) atoms. The molecule has 1 aromatic rings. The fraction of sp³-hybridized carbons (Fsp3) is 0.385. The Labute approximate surface area is 91.6 Å². The van der Waals surface area contributed by atoms with Crippen LogP contribution in [0.2, 0.25) is 0 Å². The molecule has 0 aliphatic heterocycles. The predicted molar refractivity (Wildman–Crippen MR) is 62.9 cm³/mol. The van der Waals surface area contributed by atoms with Gasteiger partial charge in [0.25, 0.3) is 0 Å². The van der Waals surface area contributed by atoms with E-state index >= 15 is 0 Å². The van der Waals surface area contributed by atoms with Crippen molar-refractivity contribution in [3.05, 3.63) is 29.8 Å². The van der Waals surface area contributed by atoms with Crippen LogP contribution in [0, 0.1) is 12.3 Å². The maximum absolute atomic E-state index is 5.43. The highest BCUT2D eigenvalue weighted by molar-refractivity contribution is 5.30. The summed E-state index contributed by atoms with van der Waals surface area (Å²) in [5.74, 6) is 3.47. The van der Waals surface area contributed by atoms with E-state index in [0.717, 1.165) is 5.75 Å². The van der Waals surface area contributed by atoms with Crippen LogP contribution in [0.5, 0.6) is 5.75 Å². The van der Waals surface area contributed by atoms with Crippen LogP contribution in [0.25, 0.3) is 0 Å². The topological polar surface area (TPSA) is 21.3 Å². The summed E-state index contributed by atoms with van der Waals surface area (Å²) >= 11 is 0. The molecule has 1 atom stereocenters. The monoisotopic (exact) mass is 203 g/mol. The average molecular weight is 203 g/mol. The zero-order chi connectivity index (χ0) is 11.1. The van der Waals surface area contributed by atoms with E-state index in [-0.39, 0.29) is 6.04 Å². The zero-order valence-electron chi connectivity index (χ0n) is 9.29. The van der Waals surface area contributed by atoms with Gasteiger partial charge in [-0.25, -0.2) is 0 Å². The molecule has 0 bridgehead atoms. The van der Waals surface area contributed by atoms with Gasteiger partial charge in [-0.2, -0.15) is 0 Å². The summed E-state index contributed by atoms with van der Waals surface area (Å²) in [6.45, 7) is 5.34. The smallest absolute Gasteiger partial charge is 0.119 e. The van der Waals surface area contributed by atoms with Crippen molar-refractivity contribution in [2.45, 2.75) is 19.9 Å². The van der Waals surface area contributed by atoms with Gasteiger partial charge in [0.15, 0.2) is 0 Å². The molecule has 0 aliphatic rings. The van der Waals surface area contributed by atoms with Crippen molar-refractivity contribution in [1.82, 2.24) is 5.32 Å². The van der Waals surface area contributed by atoms with Crippen LogP contribution in [0.3, 0.4) is 0 Å². The predicted octanol–water partition coefficient (Wildman–Crippen LogP) is 2.37. The van der Waals surface area contributed by atoms with Crippen molar-refractivity contribution >= 4 is 0 Å². The van der Waals surface area contributed by atoms with Crippen LogP contribution in [0.1, 0.15) is 25.5 Å². The Balaban J connectivity index is 2.67. The number of nitrogens with one attached hydrogen (secondary N) is 1. The van der Waals surface area contributed by atoms with E-state index < -0.39 is 0 Å². The summed E-state index contributed by atoms with van der Waals surface area (Å²) in [6, 6.07) is 8.31. The third-order valence-electron chi connectivity index (χ3n) is 2.18. The van der Waals surface area contributed by atoms with Crippen molar-refractivity contribution in [3.8, 4) is 18.1 Å². The Morgan fingerprint density at radius 3 is 3.00 bits per heavy atom. The van der Waals surface area contributed by atoms with Crippen molar-refractivity contribution in [2.75, 3.05) is 13.2 Å². The highest BCUT2D eigenvalue weighted by atomic mass is 16.5. The van der Waals surface area contributed by atoms with Gasteiger partial charge in [0.2, 0.25) is 0 Å². The number of hydrogen-bond acceptors (Lipinski definition) is 2. The van der Waals surface area contributed by atoms with Gasteiger partial charge in [-0.15, -0.1) is 6.42 Å². The maximum Gasteiger partial charge on any atom is 0.119 e. The molecule has 0 aromatic heterocycles. The molecular weight excluding hydrogens is 186 g/mol. The third kappa shape index (κ3) is 3.65. The number of hydrogen-bond donors (Lipinski definition) is 1. The van der Waals surface area contributed by atoms with Crippen LogP contribution in [0.4, 0.5) is 0 Å². The molecule has 0 saturated heterocycles. The maximum atomic E-state index is 5.43. The Bertz CT molecular complexity index is 341. The van der Waals surface area contributed by atoms with Crippen LogP contribution in [-0.4, -0.2) is 13.2 Å². The lowest BCUT2D eigenvalue weighted by Gasteiger charge is -2.13. The van der Waals surface area contributed by atoms with Crippen LogP contribution in [-0.2, 0) is 0 Å². The molecular formula is C13H17NO. The summed E-state index contributed by atoms with van der Waals surface area (Å²) in [6.07, 6.45) is 5.20. The standard InChI is InChI=1S/C13H17NO/c1-4-9-14-11(3)12-7-6-8-13(10-12)15-5-2/h1,6-8,10-11,14H,5,9H2,2-3H3. The third-order valence-corrected chi connectivity index (χ3v) is 2.18. The van der Waals surface area contributed by atoms with Crippen molar-refractivity contribution in [3.63, 3.8) is 0 Å². The van der Waals surface area contributed by atoms with Gasteiger partial charge in [-0.05, 0) is 31.5 Å². The molecule has 1 rings (SSSR count). The van der Waals surface area contributed by atoms with E-state index in [1.165, 1.54) is 5.56 Å². The molecule has 0 spiro atoms. The second kappa shape index (κ2) is 6.10. The highest BCUT2D eigenvalue weighted by Crippen LogP contribution is 2.18. The molecule has 2 nitrogen and oxygen atoms in total. The molecule has 0 fully saturated rings. The second-order valence-corrected chi connectivity index (χ2v) is 3.31. The second-order valence-electron chi connectivity index (χ2n) is 3.31. The zero-order valence-corrected chi connectivity index (χ0v) is 9.29. The number of benzene rings is 1. The fourth-order valence-corrected chi connectivity index (χ4v) is 1.37. The molecule has 1 aromatic carbocycles. The summed E-state index contributed by atoms with van der Waals surface area (Å²) < 4.78 is 5.43. The lowest BCUT2D eigenvalue weighted by atomic mass is 10.1. The fourth-order valence-electron chi connectivity index (χ4n) is 1.37. The highest BCUT2D eigenvalue weighted by Gasteiger charge is 2.04. The minimum absolute atomic E-state index is 0.251. The van der Waals surface area contributed by atoms with Gasteiger partial charge in [0.05, 0.1) is 13.2 Å². The van der Waals surface area contributed by atoms with Crippen molar-refractivity contribution in [1.29, 1.82) is 0 Å². The van der Waals surface area contributed by atoms with E-state index in [0.29, 0.717) is 13.2 Å². The van der Waals surface area contributed by atoms with E-state index in [9.17, 15) is 0 Å². The van der Waals surface area contributed by atoms with Gasteiger partial charge >= 0.3 is 0 Å². The summed E-state index contributed by atoms with van der Waals surface area (Å²) in [5, 5.41) is 3.23. The summed E-state index contributed by atoms with van der Waals surface area (Å²) in [7, 11) is 0. The quantitative estimate of drug-likeness (QED) is 0.742. The average Bonchev–Trinajstić information content (AvgIpc) is 2.27. The Morgan fingerprint density at radius 2 is 2.33 bits per heavy atom. The minimum Gasteiger partial charge on any atom is -0.494 e. The van der Waals surface area contributed by atoms with E-state index in [2.05, 4.69) is 24.2 Å². The van der Waals surface area contributed by atoms with Gasteiger partial charge in [0.1, 0.15) is 5.75 Å². The first-order chi connectivity index (χ1) is 7.27. The van der Waals surface area contributed by atoms with Gasteiger partial charge in [0, 0.05) is 6.04 Å². The normalized spacial score (nSPS) is 11.8.